The lowest BCUT2D eigenvalue weighted by Gasteiger charge is -2.23. The van der Waals surface area contributed by atoms with Crippen LogP contribution < -0.4 is 5.48 Å². The number of phenolic OH excluding ortho intramolecular Hbond substituents is 2. The number of nitrogens with one attached hydrogen (secondary N) is 1. The Labute approximate surface area is 163 Å². The lowest BCUT2D eigenvalue weighted by atomic mass is 10.1. The van der Waals surface area contributed by atoms with E-state index >= 15 is 0 Å². The number of hydrogen-bond donors (Lipinski definition) is 3. The average molecular weight is 421 g/mol. The Hall–Kier alpha value is -2.13. The highest BCUT2D eigenvalue weighted by Gasteiger charge is 2.18. The average Bonchev–Trinajstić information content (AvgIpc) is 2.65. The number of nitrogens with zero attached hydrogens (tertiary/aromatic N) is 1. The number of hydroxylamine groups is 1. The van der Waals surface area contributed by atoms with Gasteiger partial charge in [-0.3, -0.25) is 14.5 Å². The molecule has 0 fully saturated rings. The first kappa shape index (κ1) is 21.2. The van der Waals surface area contributed by atoms with E-state index in [-0.39, 0.29) is 47.4 Å². The van der Waals surface area contributed by atoms with Crippen LogP contribution in [-0.4, -0.2) is 34.7 Å². The van der Waals surface area contributed by atoms with Crippen molar-refractivity contribution in [1.82, 2.24) is 10.4 Å². The minimum absolute atomic E-state index is 0.0240. The van der Waals surface area contributed by atoms with Crippen molar-refractivity contribution >= 4 is 29.6 Å². The Bertz CT molecular complexity index is 765. The Morgan fingerprint density at radius 1 is 1.00 bits per heavy atom. The van der Waals surface area contributed by atoms with E-state index in [9.17, 15) is 23.8 Å². The van der Waals surface area contributed by atoms with Gasteiger partial charge in [0.1, 0.15) is 0 Å². The van der Waals surface area contributed by atoms with Gasteiger partial charge in [-0.25, -0.2) is 14.3 Å². The molecule has 146 valence electrons. The summed E-state index contributed by atoms with van der Waals surface area (Å²) in [6, 6.07) is 5.47. The minimum atomic E-state index is -0.890. The largest absolute Gasteiger partial charge is 0.504 e. The van der Waals surface area contributed by atoms with E-state index in [4.69, 9.17) is 28.0 Å². The van der Waals surface area contributed by atoms with Crippen molar-refractivity contribution in [2.75, 3.05) is 13.2 Å². The summed E-state index contributed by atoms with van der Waals surface area (Å²) in [5.74, 6) is -3.13. The SMILES string of the molecule is O=CNOCCN(Cc1ccc(Cl)c(O)c1F)Cc1ccc(Cl)c(O)c1F. The van der Waals surface area contributed by atoms with Crippen LogP contribution in [0.5, 0.6) is 11.5 Å². The van der Waals surface area contributed by atoms with Gasteiger partial charge in [0.05, 0.1) is 16.7 Å². The lowest BCUT2D eigenvalue weighted by molar-refractivity contribution is -0.121. The number of hydrogen-bond acceptors (Lipinski definition) is 5. The molecule has 0 aliphatic carbocycles. The van der Waals surface area contributed by atoms with Gasteiger partial charge in [0.15, 0.2) is 23.1 Å². The highest BCUT2D eigenvalue weighted by molar-refractivity contribution is 6.32. The van der Waals surface area contributed by atoms with Crippen molar-refractivity contribution in [3.8, 4) is 11.5 Å². The van der Waals surface area contributed by atoms with E-state index in [0.717, 1.165) is 0 Å². The van der Waals surface area contributed by atoms with E-state index in [1.54, 1.807) is 4.90 Å². The van der Waals surface area contributed by atoms with Crippen molar-refractivity contribution < 1.29 is 28.6 Å². The second-order valence-corrected chi connectivity index (χ2v) is 6.35. The summed E-state index contributed by atoms with van der Waals surface area (Å²) in [7, 11) is 0. The van der Waals surface area contributed by atoms with E-state index in [1.807, 2.05) is 5.48 Å². The molecule has 6 nitrogen and oxygen atoms in total. The summed E-state index contributed by atoms with van der Waals surface area (Å²) in [6.07, 6.45) is 0.345. The first-order chi connectivity index (χ1) is 12.8. The molecular formula is C17H16Cl2F2N2O4. The van der Waals surface area contributed by atoms with Gasteiger partial charge in [-0.05, 0) is 12.1 Å². The zero-order chi connectivity index (χ0) is 20.0. The Morgan fingerprint density at radius 2 is 1.48 bits per heavy atom. The molecule has 0 saturated heterocycles. The van der Waals surface area contributed by atoms with Gasteiger partial charge in [-0.2, -0.15) is 0 Å². The first-order valence-electron chi connectivity index (χ1n) is 7.70. The highest BCUT2D eigenvalue weighted by atomic mass is 35.5. The first-order valence-corrected chi connectivity index (χ1v) is 8.45. The number of carbonyl (C=O) groups is 1. The van der Waals surface area contributed by atoms with Crippen LogP contribution in [0.4, 0.5) is 8.78 Å². The molecule has 0 unspecified atom stereocenters. The molecule has 2 aromatic rings. The molecule has 0 bridgehead atoms. The van der Waals surface area contributed by atoms with E-state index in [0.29, 0.717) is 6.41 Å². The normalized spacial score (nSPS) is 11.0. The molecule has 0 aromatic heterocycles. The number of phenols is 2. The fraction of sp³-hybridized carbons (Fsp3) is 0.235. The number of benzene rings is 2. The predicted molar refractivity (Wildman–Crippen MR) is 95.4 cm³/mol. The van der Waals surface area contributed by atoms with Crippen molar-refractivity contribution in [1.29, 1.82) is 0 Å². The second kappa shape index (κ2) is 9.70. The molecule has 0 saturated carbocycles. The molecule has 1 amide bonds. The molecular weight excluding hydrogens is 405 g/mol. The molecule has 0 heterocycles. The smallest absolute Gasteiger partial charge is 0.230 e. The molecule has 0 aliphatic rings. The van der Waals surface area contributed by atoms with Gasteiger partial charge in [-0.15, -0.1) is 0 Å². The van der Waals surface area contributed by atoms with Crippen LogP contribution in [0.3, 0.4) is 0 Å². The molecule has 2 aromatic carbocycles. The molecule has 3 N–H and O–H groups in total. The van der Waals surface area contributed by atoms with E-state index < -0.39 is 23.1 Å². The summed E-state index contributed by atoms with van der Waals surface area (Å²) in [4.78, 5) is 16.7. The number of carbonyl (C=O) groups excluding carboxylic acids is 1. The zero-order valence-electron chi connectivity index (χ0n) is 13.9. The van der Waals surface area contributed by atoms with Crippen LogP contribution in [0.25, 0.3) is 0 Å². The van der Waals surface area contributed by atoms with Crippen molar-refractivity contribution in [3.05, 3.63) is 57.1 Å². The van der Waals surface area contributed by atoms with Gasteiger partial charge in [0, 0.05) is 30.8 Å². The summed E-state index contributed by atoms with van der Waals surface area (Å²) in [6.45, 7) is 0.154. The van der Waals surface area contributed by atoms with Crippen LogP contribution in [0, 0.1) is 11.6 Å². The van der Waals surface area contributed by atoms with Crippen LogP contribution in [0.2, 0.25) is 10.0 Å². The van der Waals surface area contributed by atoms with Crippen LogP contribution in [0.1, 0.15) is 11.1 Å². The summed E-state index contributed by atoms with van der Waals surface area (Å²) in [5.41, 5.74) is 2.26. The van der Waals surface area contributed by atoms with Gasteiger partial charge in [0.2, 0.25) is 6.41 Å². The summed E-state index contributed by atoms with van der Waals surface area (Å²) < 4.78 is 28.4. The minimum Gasteiger partial charge on any atom is -0.504 e. The Balaban J connectivity index is 2.22. The van der Waals surface area contributed by atoms with Crippen LogP contribution in [-0.2, 0) is 22.7 Å². The number of halogens is 4. The topological polar surface area (TPSA) is 82.0 Å². The maximum absolute atomic E-state index is 14.2. The van der Waals surface area contributed by atoms with Crippen LogP contribution in [0.15, 0.2) is 24.3 Å². The van der Waals surface area contributed by atoms with E-state index in [2.05, 4.69) is 0 Å². The second-order valence-electron chi connectivity index (χ2n) is 5.53. The lowest BCUT2D eigenvalue weighted by Crippen LogP contribution is -2.29. The maximum Gasteiger partial charge on any atom is 0.230 e. The molecule has 0 aliphatic heterocycles. The molecule has 27 heavy (non-hydrogen) atoms. The number of aromatic hydroxyl groups is 2. The molecule has 2 rings (SSSR count). The fourth-order valence-electron chi connectivity index (χ4n) is 2.37. The quantitative estimate of drug-likeness (QED) is 0.329. The van der Waals surface area contributed by atoms with Crippen molar-refractivity contribution in [3.63, 3.8) is 0 Å². The maximum atomic E-state index is 14.2. The monoisotopic (exact) mass is 420 g/mol. The Kier molecular flexibility index (Phi) is 7.61. The third-order valence-electron chi connectivity index (χ3n) is 3.72. The third kappa shape index (κ3) is 5.43. The van der Waals surface area contributed by atoms with Gasteiger partial charge < -0.3 is 10.2 Å². The molecule has 0 spiro atoms. The fourth-order valence-corrected chi connectivity index (χ4v) is 2.67. The summed E-state index contributed by atoms with van der Waals surface area (Å²) >= 11 is 11.3. The zero-order valence-corrected chi connectivity index (χ0v) is 15.4. The standard InChI is InChI=1S/C17H16Cl2F2N2O4/c18-12-3-1-10(14(20)16(12)25)7-23(5-6-27-22-9-24)8-11-2-4-13(19)17(26)15(11)21/h1-4,9,25-26H,5-8H2,(H,22,24). The third-order valence-corrected chi connectivity index (χ3v) is 4.33. The van der Waals surface area contributed by atoms with Crippen molar-refractivity contribution in [2.24, 2.45) is 0 Å². The molecule has 10 heteroatoms. The Morgan fingerprint density at radius 3 is 1.93 bits per heavy atom. The predicted octanol–water partition coefficient (Wildman–Crippen LogP) is 3.36. The number of amides is 1. The van der Waals surface area contributed by atoms with Crippen molar-refractivity contribution in [2.45, 2.75) is 13.1 Å². The van der Waals surface area contributed by atoms with Gasteiger partial charge >= 0.3 is 0 Å². The molecule has 0 radical (unpaired) electrons. The number of rotatable bonds is 9. The van der Waals surface area contributed by atoms with Gasteiger partial charge in [-0.1, -0.05) is 35.3 Å². The van der Waals surface area contributed by atoms with Gasteiger partial charge in [0.25, 0.3) is 0 Å². The summed E-state index contributed by atoms with van der Waals surface area (Å²) in [5, 5.41) is 19.0. The van der Waals surface area contributed by atoms with E-state index in [1.165, 1.54) is 24.3 Å². The molecule has 0 atom stereocenters. The van der Waals surface area contributed by atoms with Crippen LogP contribution >= 0.6 is 23.2 Å². The highest BCUT2D eigenvalue weighted by Crippen LogP contribution is 2.31.